The molecule has 1 aromatic heterocycles. The van der Waals surface area contributed by atoms with Crippen LogP contribution in [0.25, 0.3) is 0 Å². The van der Waals surface area contributed by atoms with Crippen LogP contribution in [0.2, 0.25) is 0 Å². The maximum absolute atomic E-state index is 9.20. The molecule has 0 amide bonds. The molecule has 98 valence electrons. The number of rotatable bonds is 5. The molecule has 0 aliphatic heterocycles. The minimum atomic E-state index is 0.0761. The highest BCUT2D eigenvalue weighted by Gasteiger charge is 2.17. The third kappa shape index (κ3) is 2.83. The van der Waals surface area contributed by atoms with Crippen LogP contribution in [0.15, 0.2) is 36.7 Å². The van der Waals surface area contributed by atoms with Gasteiger partial charge in [0.1, 0.15) is 0 Å². The number of hydrogen-bond donors (Lipinski definition) is 1. The Balaban J connectivity index is 2.36. The molecule has 1 aromatic carbocycles. The number of benzene rings is 1. The fraction of sp³-hybridized carbons (Fsp3) is 0.333. The zero-order valence-corrected chi connectivity index (χ0v) is 11.0. The standard InChI is InChI=1S/C15H17N3O/c1-2-14(13-10-17-18(11-13)7-8-19)15-6-4-3-5-12(15)9-16/h3-6,10-11,14,19H,2,7-8H2,1H3/t14-/m0/s1. The summed E-state index contributed by atoms with van der Waals surface area (Å²) in [6.07, 6.45) is 4.67. The Hall–Kier alpha value is -2.12. The third-order valence-corrected chi connectivity index (χ3v) is 3.25. The fourth-order valence-corrected chi connectivity index (χ4v) is 2.32. The lowest BCUT2D eigenvalue weighted by Gasteiger charge is -2.14. The summed E-state index contributed by atoms with van der Waals surface area (Å²) in [5.74, 6) is 0.170. The van der Waals surface area contributed by atoms with Gasteiger partial charge < -0.3 is 5.11 Å². The Kier molecular flexibility index (Phi) is 4.32. The molecule has 1 atom stereocenters. The van der Waals surface area contributed by atoms with Gasteiger partial charge in [0.05, 0.1) is 31.0 Å². The minimum Gasteiger partial charge on any atom is -0.394 e. The summed E-state index contributed by atoms with van der Waals surface area (Å²) in [4.78, 5) is 0. The second-order valence-electron chi connectivity index (χ2n) is 4.42. The van der Waals surface area contributed by atoms with Crippen LogP contribution in [0.5, 0.6) is 0 Å². The molecule has 1 heterocycles. The van der Waals surface area contributed by atoms with Crippen molar-refractivity contribution in [3.8, 4) is 6.07 Å². The highest BCUT2D eigenvalue weighted by atomic mass is 16.3. The molecule has 0 aliphatic carbocycles. The number of hydrogen-bond acceptors (Lipinski definition) is 3. The summed E-state index contributed by atoms with van der Waals surface area (Å²) in [5.41, 5.74) is 2.83. The van der Waals surface area contributed by atoms with Crippen LogP contribution in [0.4, 0.5) is 0 Å². The van der Waals surface area contributed by atoms with Gasteiger partial charge in [-0.3, -0.25) is 4.68 Å². The van der Waals surface area contributed by atoms with Gasteiger partial charge in [-0.05, 0) is 23.6 Å². The summed E-state index contributed by atoms with van der Waals surface area (Å²) < 4.78 is 1.73. The van der Waals surface area contributed by atoms with E-state index in [1.54, 1.807) is 4.68 Å². The lowest BCUT2D eigenvalue weighted by Crippen LogP contribution is -2.03. The molecule has 4 nitrogen and oxygen atoms in total. The van der Waals surface area contributed by atoms with Crippen LogP contribution in [0.3, 0.4) is 0 Å². The van der Waals surface area contributed by atoms with Crippen molar-refractivity contribution >= 4 is 0 Å². The SMILES string of the molecule is CC[C@@H](c1cnn(CCO)c1)c1ccccc1C#N. The van der Waals surface area contributed by atoms with Gasteiger partial charge in [0.25, 0.3) is 0 Å². The van der Waals surface area contributed by atoms with Crippen molar-refractivity contribution < 1.29 is 5.11 Å². The maximum Gasteiger partial charge on any atom is 0.0994 e. The van der Waals surface area contributed by atoms with Crippen molar-refractivity contribution in [2.75, 3.05) is 6.61 Å². The zero-order valence-electron chi connectivity index (χ0n) is 11.0. The van der Waals surface area contributed by atoms with E-state index >= 15 is 0 Å². The Labute approximate surface area is 112 Å². The normalized spacial score (nSPS) is 12.1. The van der Waals surface area contributed by atoms with E-state index in [1.807, 2.05) is 36.7 Å². The van der Waals surface area contributed by atoms with Gasteiger partial charge in [0, 0.05) is 12.1 Å². The van der Waals surface area contributed by atoms with Gasteiger partial charge in [-0.1, -0.05) is 25.1 Å². The highest BCUT2D eigenvalue weighted by molar-refractivity contribution is 5.43. The molecule has 0 unspecified atom stereocenters. The Morgan fingerprint density at radius 3 is 2.89 bits per heavy atom. The lowest BCUT2D eigenvalue weighted by molar-refractivity contribution is 0.269. The van der Waals surface area contributed by atoms with E-state index in [1.165, 1.54) is 0 Å². The first-order chi connectivity index (χ1) is 9.30. The van der Waals surface area contributed by atoms with Crippen LogP contribution in [0.1, 0.15) is 36.0 Å². The molecule has 0 aliphatic rings. The van der Waals surface area contributed by atoms with E-state index in [0.29, 0.717) is 12.1 Å². The molecule has 2 aromatic rings. The van der Waals surface area contributed by atoms with Gasteiger partial charge in [-0.25, -0.2) is 0 Å². The predicted octanol–water partition coefficient (Wildman–Crippen LogP) is 2.29. The van der Waals surface area contributed by atoms with E-state index in [2.05, 4.69) is 18.1 Å². The summed E-state index contributed by atoms with van der Waals surface area (Å²) in [5, 5.41) is 22.3. The second kappa shape index (κ2) is 6.17. The molecule has 0 spiro atoms. The average molecular weight is 255 g/mol. The van der Waals surface area contributed by atoms with Crippen molar-refractivity contribution in [1.82, 2.24) is 9.78 Å². The summed E-state index contributed by atoms with van der Waals surface area (Å²) >= 11 is 0. The van der Waals surface area contributed by atoms with Crippen molar-refractivity contribution in [3.05, 3.63) is 53.3 Å². The Morgan fingerprint density at radius 2 is 2.21 bits per heavy atom. The molecule has 0 bridgehead atoms. The molecule has 0 radical (unpaired) electrons. The maximum atomic E-state index is 9.20. The van der Waals surface area contributed by atoms with E-state index < -0.39 is 0 Å². The molecule has 0 fully saturated rings. The number of aromatic nitrogens is 2. The molecule has 4 heteroatoms. The highest BCUT2D eigenvalue weighted by Crippen LogP contribution is 2.29. The molecule has 19 heavy (non-hydrogen) atoms. The molecule has 1 N–H and O–H groups in total. The fourth-order valence-electron chi connectivity index (χ4n) is 2.32. The summed E-state index contributed by atoms with van der Waals surface area (Å²) in [6, 6.07) is 9.92. The first-order valence-electron chi connectivity index (χ1n) is 6.42. The van der Waals surface area contributed by atoms with Crippen LogP contribution < -0.4 is 0 Å². The second-order valence-corrected chi connectivity index (χ2v) is 4.42. The van der Waals surface area contributed by atoms with Crippen LogP contribution >= 0.6 is 0 Å². The Morgan fingerprint density at radius 1 is 1.42 bits per heavy atom. The van der Waals surface area contributed by atoms with E-state index in [9.17, 15) is 5.26 Å². The van der Waals surface area contributed by atoms with Crippen LogP contribution in [0, 0.1) is 11.3 Å². The molecular formula is C15H17N3O. The van der Waals surface area contributed by atoms with Gasteiger partial charge in [-0.2, -0.15) is 10.4 Å². The molecule has 0 saturated heterocycles. The van der Waals surface area contributed by atoms with Gasteiger partial charge in [0.15, 0.2) is 0 Å². The zero-order chi connectivity index (χ0) is 13.7. The van der Waals surface area contributed by atoms with Crippen molar-refractivity contribution in [1.29, 1.82) is 5.26 Å². The van der Waals surface area contributed by atoms with E-state index in [4.69, 9.17) is 5.11 Å². The largest absolute Gasteiger partial charge is 0.394 e. The topological polar surface area (TPSA) is 61.8 Å². The van der Waals surface area contributed by atoms with Crippen molar-refractivity contribution in [2.45, 2.75) is 25.8 Å². The van der Waals surface area contributed by atoms with Crippen LogP contribution in [-0.2, 0) is 6.54 Å². The number of nitrogens with zero attached hydrogens (tertiary/aromatic N) is 3. The van der Waals surface area contributed by atoms with Crippen molar-refractivity contribution in [2.24, 2.45) is 0 Å². The average Bonchev–Trinajstić information content (AvgIpc) is 2.89. The summed E-state index contributed by atoms with van der Waals surface area (Å²) in [6.45, 7) is 2.67. The third-order valence-electron chi connectivity index (χ3n) is 3.25. The van der Waals surface area contributed by atoms with Crippen LogP contribution in [-0.4, -0.2) is 21.5 Å². The van der Waals surface area contributed by atoms with E-state index in [-0.39, 0.29) is 12.5 Å². The molecule has 2 rings (SSSR count). The minimum absolute atomic E-state index is 0.0761. The Bertz CT molecular complexity index is 583. The predicted molar refractivity (Wildman–Crippen MR) is 72.6 cm³/mol. The van der Waals surface area contributed by atoms with Gasteiger partial charge in [-0.15, -0.1) is 0 Å². The molecular weight excluding hydrogens is 238 g/mol. The first kappa shape index (κ1) is 13.3. The monoisotopic (exact) mass is 255 g/mol. The number of nitriles is 1. The smallest absolute Gasteiger partial charge is 0.0994 e. The molecule has 0 saturated carbocycles. The lowest BCUT2D eigenvalue weighted by atomic mass is 9.88. The summed E-state index contributed by atoms with van der Waals surface area (Å²) in [7, 11) is 0. The van der Waals surface area contributed by atoms with E-state index in [0.717, 1.165) is 17.5 Å². The van der Waals surface area contributed by atoms with Gasteiger partial charge in [0.2, 0.25) is 0 Å². The van der Waals surface area contributed by atoms with Crippen molar-refractivity contribution in [3.63, 3.8) is 0 Å². The van der Waals surface area contributed by atoms with Gasteiger partial charge >= 0.3 is 0 Å². The number of aliphatic hydroxyl groups is 1. The number of aliphatic hydroxyl groups excluding tert-OH is 1. The quantitative estimate of drug-likeness (QED) is 0.891. The first-order valence-corrected chi connectivity index (χ1v) is 6.42.